The standard InChI is InChI=1S/C24H27N3O6/c1-14(28)25-26-24(29)22-11-18-16(5-6-19(30-2)23(18)33-22)12-27-8-7-15-9-20(31-3)21(32-4)10-17(15)13-27/h5-6,9-11H,7-8,12-13H2,1-4H3,(H,25,28)(H,26,29). The maximum atomic E-state index is 12.4. The van der Waals surface area contributed by atoms with E-state index in [0.717, 1.165) is 42.0 Å². The van der Waals surface area contributed by atoms with Crippen LogP contribution in [0, 0.1) is 0 Å². The second kappa shape index (κ2) is 9.41. The first-order valence-electron chi connectivity index (χ1n) is 10.6. The lowest BCUT2D eigenvalue weighted by molar-refractivity contribution is -0.119. The van der Waals surface area contributed by atoms with E-state index in [1.165, 1.54) is 18.1 Å². The number of furan rings is 1. The molecule has 2 N–H and O–H groups in total. The average molecular weight is 453 g/mol. The maximum Gasteiger partial charge on any atom is 0.305 e. The number of hydrogen-bond donors (Lipinski definition) is 2. The summed E-state index contributed by atoms with van der Waals surface area (Å²) in [6.45, 7) is 3.61. The molecule has 3 aromatic rings. The number of fused-ring (bicyclic) bond motifs is 2. The minimum absolute atomic E-state index is 0.0883. The van der Waals surface area contributed by atoms with Crippen LogP contribution in [-0.4, -0.2) is 44.6 Å². The van der Waals surface area contributed by atoms with Crippen LogP contribution in [0.2, 0.25) is 0 Å². The van der Waals surface area contributed by atoms with Crippen LogP contribution in [0.25, 0.3) is 11.0 Å². The molecule has 9 heteroatoms. The quantitative estimate of drug-likeness (QED) is 0.554. The Morgan fingerprint density at radius 1 is 0.970 bits per heavy atom. The van der Waals surface area contributed by atoms with Gasteiger partial charge in [0.2, 0.25) is 5.91 Å². The largest absolute Gasteiger partial charge is 0.493 e. The summed E-state index contributed by atoms with van der Waals surface area (Å²) in [5.41, 5.74) is 8.55. The van der Waals surface area contributed by atoms with Crippen LogP contribution < -0.4 is 25.1 Å². The number of rotatable bonds is 6. The molecule has 9 nitrogen and oxygen atoms in total. The van der Waals surface area contributed by atoms with Crippen LogP contribution in [0.1, 0.15) is 34.2 Å². The third kappa shape index (κ3) is 4.58. The van der Waals surface area contributed by atoms with E-state index in [0.29, 0.717) is 17.9 Å². The molecular weight excluding hydrogens is 426 g/mol. The van der Waals surface area contributed by atoms with Crippen LogP contribution >= 0.6 is 0 Å². The SMILES string of the molecule is COc1cc2c(cc1OC)CN(Cc1ccc(OC)c3oc(C(=O)NNC(C)=O)cc13)CC2. The van der Waals surface area contributed by atoms with Crippen molar-refractivity contribution < 1.29 is 28.2 Å². The topological polar surface area (TPSA) is 102 Å². The van der Waals surface area contributed by atoms with E-state index in [4.69, 9.17) is 18.6 Å². The summed E-state index contributed by atoms with van der Waals surface area (Å²) >= 11 is 0. The summed E-state index contributed by atoms with van der Waals surface area (Å²) in [4.78, 5) is 25.8. The summed E-state index contributed by atoms with van der Waals surface area (Å²) in [7, 11) is 4.83. The summed E-state index contributed by atoms with van der Waals surface area (Å²) < 4.78 is 22.1. The van der Waals surface area contributed by atoms with Crippen molar-refractivity contribution in [3.63, 3.8) is 0 Å². The molecule has 1 aliphatic rings. The Hall–Kier alpha value is -3.72. The van der Waals surface area contributed by atoms with E-state index in [1.54, 1.807) is 27.4 Å². The van der Waals surface area contributed by atoms with Gasteiger partial charge in [-0.05, 0) is 47.4 Å². The van der Waals surface area contributed by atoms with Gasteiger partial charge in [0.05, 0.1) is 21.3 Å². The van der Waals surface area contributed by atoms with Crippen molar-refractivity contribution in [2.24, 2.45) is 0 Å². The number of hydrogen-bond acceptors (Lipinski definition) is 7. The van der Waals surface area contributed by atoms with Gasteiger partial charge in [0.15, 0.2) is 28.6 Å². The van der Waals surface area contributed by atoms with Crippen molar-refractivity contribution in [1.82, 2.24) is 15.8 Å². The number of carbonyl (C=O) groups excluding carboxylic acids is 2. The number of ether oxygens (including phenoxy) is 3. The molecule has 0 atom stereocenters. The van der Waals surface area contributed by atoms with Gasteiger partial charge in [-0.3, -0.25) is 25.3 Å². The Bertz CT molecular complexity index is 1200. The minimum atomic E-state index is -0.539. The second-order valence-electron chi connectivity index (χ2n) is 7.85. The predicted octanol–water partition coefficient (Wildman–Crippen LogP) is 2.80. The molecule has 0 bridgehead atoms. The monoisotopic (exact) mass is 453 g/mol. The summed E-state index contributed by atoms with van der Waals surface area (Å²) in [6.07, 6.45) is 0.894. The van der Waals surface area contributed by atoms with E-state index < -0.39 is 5.91 Å². The summed E-state index contributed by atoms with van der Waals surface area (Å²) in [5.74, 6) is 1.16. The number of carbonyl (C=O) groups is 2. The van der Waals surface area contributed by atoms with Crippen LogP contribution in [0.3, 0.4) is 0 Å². The Kier molecular flexibility index (Phi) is 6.41. The molecule has 0 unspecified atom stereocenters. The number of amides is 2. The number of nitrogens with zero attached hydrogens (tertiary/aromatic N) is 1. The van der Waals surface area contributed by atoms with Crippen LogP contribution in [-0.2, 0) is 24.3 Å². The Balaban J connectivity index is 1.60. The van der Waals surface area contributed by atoms with Crippen molar-refractivity contribution in [2.75, 3.05) is 27.9 Å². The lowest BCUT2D eigenvalue weighted by Crippen LogP contribution is -2.40. The first kappa shape index (κ1) is 22.5. The zero-order chi connectivity index (χ0) is 23.5. The zero-order valence-electron chi connectivity index (χ0n) is 19.1. The van der Waals surface area contributed by atoms with Gasteiger partial charge in [0, 0.05) is 31.9 Å². The molecule has 0 radical (unpaired) electrons. The number of hydrazine groups is 1. The predicted molar refractivity (Wildman–Crippen MR) is 121 cm³/mol. The third-order valence-corrected chi connectivity index (χ3v) is 5.72. The van der Waals surface area contributed by atoms with Gasteiger partial charge in [0.25, 0.3) is 0 Å². The van der Waals surface area contributed by atoms with Gasteiger partial charge >= 0.3 is 5.91 Å². The molecule has 1 aliphatic heterocycles. The highest BCUT2D eigenvalue weighted by molar-refractivity contribution is 5.98. The normalized spacial score (nSPS) is 13.3. The maximum absolute atomic E-state index is 12.4. The molecule has 174 valence electrons. The third-order valence-electron chi connectivity index (χ3n) is 5.72. The number of methoxy groups -OCH3 is 3. The van der Waals surface area contributed by atoms with E-state index >= 15 is 0 Å². The second-order valence-corrected chi connectivity index (χ2v) is 7.85. The molecule has 2 aromatic carbocycles. The minimum Gasteiger partial charge on any atom is -0.493 e. The first-order chi connectivity index (χ1) is 15.9. The average Bonchev–Trinajstić information content (AvgIpc) is 3.28. The summed E-state index contributed by atoms with van der Waals surface area (Å²) in [5, 5.41) is 0.792. The lowest BCUT2D eigenvalue weighted by Gasteiger charge is -2.29. The lowest BCUT2D eigenvalue weighted by atomic mass is 9.98. The van der Waals surface area contributed by atoms with Gasteiger partial charge in [-0.1, -0.05) is 6.07 Å². The highest BCUT2D eigenvalue weighted by Crippen LogP contribution is 2.35. The number of nitrogens with one attached hydrogen (secondary N) is 2. The smallest absolute Gasteiger partial charge is 0.305 e. The van der Waals surface area contributed by atoms with E-state index in [9.17, 15) is 9.59 Å². The van der Waals surface area contributed by atoms with Gasteiger partial charge < -0.3 is 18.6 Å². The van der Waals surface area contributed by atoms with Crippen LogP contribution in [0.5, 0.6) is 17.2 Å². The molecule has 4 rings (SSSR count). The fraction of sp³-hybridized carbons (Fsp3) is 0.333. The highest BCUT2D eigenvalue weighted by atomic mass is 16.5. The molecule has 2 amide bonds. The van der Waals surface area contributed by atoms with E-state index in [2.05, 4.69) is 15.8 Å². The highest BCUT2D eigenvalue weighted by Gasteiger charge is 2.22. The van der Waals surface area contributed by atoms with Crippen molar-refractivity contribution in [1.29, 1.82) is 0 Å². The van der Waals surface area contributed by atoms with Crippen molar-refractivity contribution in [3.8, 4) is 17.2 Å². The number of benzene rings is 2. The molecule has 0 aliphatic carbocycles. The molecule has 0 saturated heterocycles. The summed E-state index contributed by atoms with van der Waals surface area (Å²) in [6, 6.07) is 9.58. The van der Waals surface area contributed by atoms with Gasteiger partial charge in [-0.2, -0.15) is 0 Å². The molecule has 1 aromatic heterocycles. The van der Waals surface area contributed by atoms with Crippen molar-refractivity contribution in [3.05, 3.63) is 52.8 Å². The van der Waals surface area contributed by atoms with E-state index in [1.807, 2.05) is 24.3 Å². The Morgan fingerprint density at radius 2 is 1.67 bits per heavy atom. The van der Waals surface area contributed by atoms with Crippen LogP contribution in [0.4, 0.5) is 0 Å². The van der Waals surface area contributed by atoms with Gasteiger partial charge in [-0.25, -0.2) is 0 Å². The van der Waals surface area contributed by atoms with Crippen molar-refractivity contribution >= 4 is 22.8 Å². The van der Waals surface area contributed by atoms with Crippen LogP contribution in [0.15, 0.2) is 34.7 Å². The van der Waals surface area contributed by atoms with E-state index in [-0.39, 0.29) is 11.7 Å². The van der Waals surface area contributed by atoms with Crippen molar-refractivity contribution in [2.45, 2.75) is 26.4 Å². The zero-order valence-corrected chi connectivity index (χ0v) is 19.1. The molecule has 0 saturated carbocycles. The Labute approximate surface area is 191 Å². The molecular formula is C24H27N3O6. The first-order valence-corrected chi connectivity index (χ1v) is 10.6. The molecule has 0 fully saturated rings. The molecule has 0 spiro atoms. The Morgan fingerprint density at radius 3 is 2.33 bits per heavy atom. The molecule has 33 heavy (non-hydrogen) atoms. The fourth-order valence-electron chi connectivity index (χ4n) is 4.09. The molecule has 2 heterocycles. The fourth-order valence-corrected chi connectivity index (χ4v) is 4.09. The van der Waals surface area contributed by atoms with Gasteiger partial charge in [0.1, 0.15) is 0 Å². The van der Waals surface area contributed by atoms with Gasteiger partial charge in [-0.15, -0.1) is 0 Å².